The third-order valence-electron chi connectivity index (χ3n) is 7.99. The van der Waals surface area contributed by atoms with E-state index >= 15 is 0 Å². The van der Waals surface area contributed by atoms with Crippen molar-refractivity contribution in [2.75, 3.05) is 19.0 Å². The van der Waals surface area contributed by atoms with Crippen LogP contribution in [0.1, 0.15) is 70.4 Å². The molecule has 1 saturated heterocycles. The number of amides is 5. The van der Waals surface area contributed by atoms with Gasteiger partial charge in [0.25, 0.3) is 0 Å². The molecule has 1 aromatic heterocycles. The molecule has 0 radical (unpaired) electrons. The lowest BCUT2D eigenvalue weighted by Gasteiger charge is -2.56. The van der Waals surface area contributed by atoms with Gasteiger partial charge in [0.1, 0.15) is 6.42 Å². The van der Waals surface area contributed by atoms with E-state index in [4.69, 9.17) is 4.74 Å². The summed E-state index contributed by atoms with van der Waals surface area (Å²) in [5, 5.41) is 2.97. The van der Waals surface area contributed by atoms with E-state index in [1.165, 1.54) is 9.80 Å². The summed E-state index contributed by atoms with van der Waals surface area (Å²) in [4.78, 5) is 57.9. The molecule has 1 N–H and O–H groups in total. The Morgan fingerprint density at radius 2 is 1.85 bits per heavy atom. The summed E-state index contributed by atoms with van der Waals surface area (Å²) >= 11 is 0. The van der Waals surface area contributed by atoms with Crippen LogP contribution in [-0.4, -0.2) is 58.2 Å². The van der Waals surface area contributed by atoms with Gasteiger partial charge in [-0.15, -0.1) is 0 Å². The van der Waals surface area contributed by atoms with E-state index < -0.39 is 17.4 Å². The molecule has 0 bridgehead atoms. The molecule has 0 unspecified atom stereocenters. The molecule has 9 heteroatoms. The van der Waals surface area contributed by atoms with Gasteiger partial charge in [0.05, 0.1) is 23.9 Å². The standard InChI is InChI=1S/C24H30N4O5/c1-3-4-11-27-18(29)12-19(30)28(22(27)32)15-7-9-23(10-8-15)13-24(14-23)20-16(25-21(24)31)5-6-17(26-20)33-2/h5-6,15H,3-4,7-14H2,1-2H3,(H,25,31). The van der Waals surface area contributed by atoms with Gasteiger partial charge < -0.3 is 10.1 Å². The number of hydrogen-bond donors (Lipinski definition) is 1. The van der Waals surface area contributed by atoms with Crippen LogP contribution in [0.5, 0.6) is 5.88 Å². The molecule has 9 nitrogen and oxygen atoms in total. The molecular weight excluding hydrogens is 424 g/mol. The number of carbonyl (C=O) groups excluding carboxylic acids is 4. The summed E-state index contributed by atoms with van der Waals surface area (Å²) in [6.07, 6.45) is 5.88. The first-order valence-electron chi connectivity index (χ1n) is 11.9. The third-order valence-corrected chi connectivity index (χ3v) is 7.99. The highest BCUT2D eigenvalue weighted by Gasteiger charge is 2.64. The van der Waals surface area contributed by atoms with Gasteiger partial charge in [0, 0.05) is 18.7 Å². The molecule has 5 amide bonds. The topological polar surface area (TPSA) is 109 Å². The van der Waals surface area contributed by atoms with Crippen LogP contribution in [-0.2, 0) is 19.8 Å². The zero-order valence-corrected chi connectivity index (χ0v) is 19.2. The molecule has 5 rings (SSSR count). The van der Waals surface area contributed by atoms with Crippen molar-refractivity contribution in [3.05, 3.63) is 17.8 Å². The molecule has 3 heterocycles. The van der Waals surface area contributed by atoms with Crippen molar-refractivity contribution in [1.82, 2.24) is 14.8 Å². The summed E-state index contributed by atoms with van der Waals surface area (Å²) in [5.74, 6) is -0.281. The highest BCUT2D eigenvalue weighted by atomic mass is 16.5. The summed E-state index contributed by atoms with van der Waals surface area (Å²) in [6, 6.07) is 2.94. The van der Waals surface area contributed by atoms with Gasteiger partial charge in [-0.1, -0.05) is 13.3 Å². The van der Waals surface area contributed by atoms with Gasteiger partial charge in [-0.25, -0.2) is 9.78 Å². The van der Waals surface area contributed by atoms with E-state index in [0.717, 1.165) is 37.1 Å². The number of aromatic nitrogens is 1. The first-order chi connectivity index (χ1) is 15.8. The summed E-state index contributed by atoms with van der Waals surface area (Å²) in [5.41, 5.74) is 0.924. The van der Waals surface area contributed by atoms with Crippen molar-refractivity contribution in [2.24, 2.45) is 5.41 Å². The van der Waals surface area contributed by atoms with Crippen molar-refractivity contribution < 1.29 is 23.9 Å². The van der Waals surface area contributed by atoms with Crippen LogP contribution >= 0.6 is 0 Å². The second-order valence-corrected chi connectivity index (χ2v) is 9.99. The van der Waals surface area contributed by atoms with Crippen LogP contribution in [0, 0.1) is 5.41 Å². The predicted molar refractivity (Wildman–Crippen MR) is 118 cm³/mol. The normalized spacial score (nSPS) is 31.2. The van der Waals surface area contributed by atoms with E-state index in [2.05, 4.69) is 10.3 Å². The molecule has 0 atom stereocenters. The minimum absolute atomic E-state index is 0.00235. The van der Waals surface area contributed by atoms with Crippen LogP contribution in [0.25, 0.3) is 0 Å². The number of unbranched alkanes of at least 4 members (excludes halogenated alkanes) is 1. The fourth-order valence-electron chi connectivity index (χ4n) is 6.30. The van der Waals surface area contributed by atoms with Gasteiger partial charge >= 0.3 is 6.03 Å². The molecule has 2 aliphatic carbocycles. The largest absolute Gasteiger partial charge is 0.481 e. The molecular formula is C24H30N4O5. The Morgan fingerprint density at radius 1 is 1.12 bits per heavy atom. The molecule has 1 aromatic rings. The van der Waals surface area contributed by atoms with Crippen LogP contribution in [0.15, 0.2) is 12.1 Å². The van der Waals surface area contributed by atoms with Crippen molar-refractivity contribution in [3.63, 3.8) is 0 Å². The Balaban J connectivity index is 1.27. The Hall–Kier alpha value is -2.97. The van der Waals surface area contributed by atoms with Crippen molar-refractivity contribution in [1.29, 1.82) is 0 Å². The summed E-state index contributed by atoms with van der Waals surface area (Å²) in [7, 11) is 1.56. The lowest BCUT2D eigenvalue weighted by atomic mass is 9.47. The van der Waals surface area contributed by atoms with E-state index in [-0.39, 0.29) is 29.7 Å². The van der Waals surface area contributed by atoms with Crippen LogP contribution < -0.4 is 10.1 Å². The molecule has 33 heavy (non-hydrogen) atoms. The average Bonchev–Trinajstić information content (AvgIpc) is 3.05. The number of carbonyl (C=O) groups is 4. The van der Waals surface area contributed by atoms with Crippen LogP contribution in [0.4, 0.5) is 10.5 Å². The maximum Gasteiger partial charge on any atom is 0.333 e. The Bertz CT molecular complexity index is 1020. The zero-order valence-electron chi connectivity index (χ0n) is 19.2. The van der Waals surface area contributed by atoms with E-state index in [1.54, 1.807) is 13.2 Å². The first kappa shape index (κ1) is 21.9. The molecule has 176 valence electrons. The molecule has 2 spiro atoms. The van der Waals surface area contributed by atoms with E-state index in [9.17, 15) is 19.2 Å². The van der Waals surface area contributed by atoms with Crippen LogP contribution in [0.3, 0.4) is 0 Å². The molecule has 2 aliphatic heterocycles. The number of urea groups is 1. The number of methoxy groups -OCH3 is 1. The maximum atomic E-state index is 13.0. The highest BCUT2D eigenvalue weighted by Crippen LogP contribution is 2.64. The Morgan fingerprint density at radius 3 is 2.52 bits per heavy atom. The fraction of sp³-hybridized carbons (Fsp3) is 0.625. The predicted octanol–water partition coefficient (Wildman–Crippen LogP) is 2.98. The van der Waals surface area contributed by atoms with Gasteiger partial charge in [0.15, 0.2) is 0 Å². The lowest BCUT2D eigenvalue weighted by molar-refractivity contribution is -0.145. The second kappa shape index (κ2) is 7.81. The van der Waals surface area contributed by atoms with E-state index in [0.29, 0.717) is 38.1 Å². The van der Waals surface area contributed by atoms with Gasteiger partial charge in [0.2, 0.25) is 23.6 Å². The Labute approximate surface area is 192 Å². The van der Waals surface area contributed by atoms with Crippen molar-refractivity contribution in [3.8, 4) is 5.88 Å². The molecule has 3 fully saturated rings. The Kier molecular flexibility index (Phi) is 5.17. The van der Waals surface area contributed by atoms with Crippen LogP contribution in [0.2, 0.25) is 0 Å². The number of barbiturate groups is 1. The fourth-order valence-corrected chi connectivity index (χ4v) is 6.30. The van der Waals surface area contributed by atoms with Gasteiger partial charge in [-0.3, -0.25) is 24.2 Å². The SMILES string of the molecule is CCCCN1C(=O)CC(=O)N(C2CCC3(CC2)CC2(C3)C(=O)Nc3ccc(OC)nc32)C1=O. The zero-order chi connectivity index (χ0) is 23.4. The number of pyridine rings is 1. The lowest BCUT2D eigenvalue weighted by Crippen LogP contribution is -2.61. The molecule has 0 aromatic carbocycles. The van der Waals surface area contributed by atoms with Crippen molar-refractivity contribution in [2.45, 2.75) is 76.2 Å². The minimum atomic E-state index is -0.614. The average molecular weight is 455 g/mol. The smallest absolute Gasteiger partial charge is 0.333 e. The maximum absolute atomic E-state index is 13.0. The quantitative estimate of drug-likeness (QED) is 0.685. The van der Waals surface area contributed by atoms with Gasteiger partial charge in [-0.05, 0) is 56.4 Å². The number of nitrogens with one attached hydrogen (secondary N) is 1. The number of fused-ring (bicyclic) bond motifs is 2. The van der Waals surface area contributed by atoms with Crippen molar-refractivity contribution >= 4 is 29.4 Å². The molecule has 2 saturated carbocycles. The monoisotopic (exact) mass is 454 g/mol. The number of ether oxygens (including phenoxy) is 1. The highest BCUT2D eigenvalue weighted by molar-refractivity contribution is 6.14. The number of anilines is 1. The number of hydrogen-bond acceptors (Lipinski definition) is 6. The minimum Gasteiger partial charge on any atom is -0.481 e. The molecule has 4 aliphatic rings. The third kappa shape index (κ3) is 3.31. The first-order valence-corrected chi connectivity index (χ1v) is 11.9. The summed E-state index contributed by atoms with van der Waals surface area (Å²) in [6.45, 7) is 2.37. The number of nitrogens with zero attached hydrogens (tertiary/aromatic N) is 3. The van der Waals surface area contributed by atoms with Gasteiger partial charge in [-0.2, -0.15) is 0 Å². The summed E-state index contributed by atoms with van der Waals surface area (Å²) < 4.78 is 5.27. The van der Waals surface area contributed by atoms with E-state index in [1.807, 2.05) is 13.0 Å². The number of rotatable bonds is 5. The second-order valence-electron chi connectivity index (χ2n) is 9.99. The number of imide groups is 2.